The Bertz CT molecular complexity index is 739. The molecule has 0 saturated carbocycles. The Hall–Kier alpha value is -1.99. The Morgan fingerprint density at radius 1 is 1.16 bits per heavy atom. The molecule has 2 aliphatic rings. The SMILES string of the molecule is CCNC(=NCC(C)(C)c1ccc(OC)c(OC)c1)NC1CCN(CC2CCOC2)CC1. The average Bonchev–Trinajstić information content (AvgIpc) is 3.31. The van der Waals surface area contributed by atoms with Crippen LogP contribution in [0.15, 0.2) is 23.2 Å². The second-order valence-electron chi connectivity index (χ2n) is 9.60. The quantitative estimate of drug-likeness (QED) is 0.449. The van der Waals surface area contributed by atoms with E-state index in [1.54, 1.807) is 14.2 Å². The van der Waals surface area contributed by atoms with Crippen LogP contribution in [0.2, 0.25) is 0 Å². The molecule has 32 heavy (non-hydrogen) atoms. The highest BCUT2D eigenvalue weighted by Crippen LogP contribution is 2.33. The van der Waals surface area contributed by atoms with E-state index in [0.717, 1.165) is 69.1 Å². The maximum absolute atomic E-state index is 5.53. The van der Waals surface area contributed by atoms with Gasteiger partial charge in [-0.15, -0.1) is 0 Å². The van der Waals surface area contributed by atoms with E-state index >= 15 is 0 Å². The number of methoxy groups -OCH3 is 2. The lowest BCUT2D eigenvalue weighted by molar-refractivity contribution is 0.150. The van der Waals surface area contributed by atoms with Gasteiger partial charge >= 0.3 is 0 Å². The fourth-order valence-corrected chi connectivity index (χ4v) is 4.49. The van der Waals surface area contributed by atoms with Crippen LogP contribution in [-0.4, -0.2) is 77.1 Å². The molecule has 1 unspecified atom stereocenters. The highest BCUT2D eigenvalue weighted by atomic mass is 16.5. The van der Waals surface area contributed by atoms with Gasteiger partial charge in [0.15, 0.2) is 17.5 Å². The summed E-state index contributed by atoms with van der Waals surface area (Å²) in [7, 11) is 3.34. The van der Waals surface area contributed by atoms with Crippen LogP contribution in [0, 0.1) is 5.92 Å². The summed E-state index contributed by atoms with van der Waals surface area (Å²) in [6, 6.07) is 6.59. The van der Waals surface area contributed by atoms with Gasteiger partial charge in [0.05, 0.1) is 27.4 Å². The summed E-state index contributed by atoms with van der Waals surface area (Å²) < 4.78 is 16.4. The Morgan fingerprint density at radius 3 is 2.53 bits per heavy atom. The molecule has 7 heteroatoms. The minimum atomic E-state index is -0.130. The third-order valence-electron chi connectivity index (χ3n) is 6.61. The molecule has 0 amide bonds. The number of rotatable bonds is 9. The van der Waals surface area contributed by atoms with Crippen molar-refractivity contribution in [2.45, 2.75) is 51.5 Å². The lowest BCUT2D eigenvalue weighted by Gasteiger charge is -2.34. The van der Waals surface area contributed by atoms with Crippen LogP contribution in [0.3, 0.4) is 0 Å². The number of aliphatic imine (C=N–C) groups is 1. The van der Waals surface area contributed by atoms with Crippen molar-refractivity contribution < 1.29 is 14.2 Å². The number of hydrogen-bond acceptors (Lipinski definition) is 5. The van der Waals surface area contributed by atoms with Crippen molar-refractivity contribution in [3.8, 4) is 11.5 Å². The molecule has 0 bridgehead atoms. The van der Waals surface area contributed by atoms with E-state index in [9.17, 15) is 0 Å². The van der Waals surface area contributed by atoms with Gasteiger partial charge < -0.3 is 29.7 Å². The fourth-order valence-electron chi connectivity index (χ4n) is 4.49. The zero-order chi connectivity index (χ0) is 23.0. The van der Waals surface area contributed by atoms with Crippen molar-refractivity contribution in [3.05, 3.63) is 23.8 Å². The lowest BCUT2D eigenvalue weighted by Crippen LogP contribution is -2.49. The number of piperidine rings is 1. The number of ether oxygens (including phenoxy) is 3. The van der Waals surface area contributed by atoms with Gasteiger partial charge in [-0.2, -0.15) is 0 Å². The van der Waals surface area contributed by atoms with Gasteiger partial charge in [-0.25, -0.2) is 0 Å². The molecule has 2 N–H and O–H groups in total. The predicted molar refractivity (Wildman–Crippen MR) is 130 cm³/mol. The number of likely N-dealkylation sites (tertiary alicyclic amines) is 1. The van der Waals surface area contributed by atoms with Gasteiger partial charge in [0, 0.05) is 44.2 Å². The normalized spacial score (nSPS) is 20.9. The Balaban J connectivity index is 1.56. The molecule has 0 spiro atoms. The van der Waals surface area contributed by atoms with Crippen LogP contribution >= 0.6 is 0 Å². The number of guanidine groups is 1. The van der Waals surface area contributed by atoms with Crippen LogP contribution in [0.5, 0.6) is 11.5 Å². The molecule has 1 atom stereocenters. The topological polar surface area (TPSA) is 67.4 Å². The van der Waals surface area contributed by atoms with Gasteiger partial charge in [0.2, 0.25) is 0 Å². The van der Waals surface area contributed by atoms with E-state index < -0.39 is 0 Å². The Morgan fingerprint density at radius 2 is 1.91 bits per heavy atom. The maximum atomic E-state index is 5.53. The summed E-state index contributed by atoms with van der Waals surface area (Å²) in [5, 5.41) is 7.11. The summed E-state index contributed by atoms with van der Waals surface area (Å²) in [4.78, 5) is 7.55. The van der Waals surface area contributed by atoms with Crippen molar-refractivity contribution in [1.29, 1.82) is 0 Å². The van der Waals surface area contributed by atoms with Crippen LogP contribution in [0.4, 0.5) is 0 Å². The van der Waals surface area contributed by atoms with Gasteiger partial charge in [-0.05, 0) is 49.8 Å². The van der Waals surface area contributed by atoms with Crippen LogP contribution in [0.1, 0.15) is 45.6 Å². The number of benzene rings is 1. The van der Waals surface area contributed by atoms with Gasteiger partial charge in [-0.1, -0.05) is 19.9 Å². The number of nitrogens with zero attached hydrogens (tertiary/aromatic N) is 2. The minimum absolute atomic E-state index is 0.130. The zero-order valence-electron chi connectivity index (χ0n) is 20.6. The third kappa shape index (κ3) is 6.75. The molecule has 2 fully saturated rings. The van der Waals surface area contributed by atoms with Crippen molar-refractivity contribution >= 4 is 5.96 Å². The monoisotopic (exact) mass is 446 g/mol. The summed E-state index contributed by atoms with van der Waals surface area (Å²) >= 11 is 0. The summed E-state index contributed by atoms with van der Waals surface area (Å²) in [5.74, 6) is 3.13. The molecule has 1 aromatic carbocycles. The van der Waals surface area contributed by atoms with E-state index in [0.29, 0.717) is 12.6 Å². The van der Waals surface area contributed by atoms with E-state index in [1.807, 2.05) is 6.07 Å². The lowest BCUT2D eigenvalue weighted by atomic mass is 9.84. The molecule has 0 aromatic heterocycles. The maximum Gasteiger partial charge on any atom is 0.191 e. The third-order valence-corrected chi connectivity index (χ3v) is 6.61. The second kappa shape index (κ2) is 11.8. The summed E-state index contributed by atoms with van der Waals surface area (Å²) in [5.41, 5.74) is 1.05. The highest BCUT2D eigenvalue weighted by Gasteiger charge is 2.25. The largest absolute Gasteiger partial charge is 0.493 e. The first-order chi connectivity index (χ1) is 15.4. The van der Waals surface area contributed by atoms with Gasteiger partial charge in [0.25, 0.3) is 0 Å². The Kier molecular flexibility index (Phi) is 9.05. The molecule has 0 aliphatic carbocycles. The van der Waals surface area contributed by atoms with Gasteiger partial charge in [-0.3, -0.25) is 4.99 Å². The van der Waals surface area contributed by atoms with E-state index in [2.05, 4.69) is 48.4 Å². The van der Waals surface area contributed by atoms with E-state index in [1.165, 1.54) is 18.5 Å². The summed E-state index contributed by atoms with van der Waals surface area (Å²) in [6.07, 6.45) is 3.51. The van der Waals surface area contributed by atoms with Crippen LogP contribution in [0.25, 0.3) is 0 Å². The molecule has 3 rings (SSSR count). The molecule has 7 nitrogen and oxygen atoms in total. The molecule has 2 heterocycles. The molecule has 0 radical (unpaired) electrons. The second-order valence-corrected chi connectivity index (χ2v) is 9.60. The molecule has 2 saturated heterocycles. The molecule has 1 aromatic rings. The smallest absolute Gasteiger partial charge is 0.191 e. The van der Waals surface area contributed by atoms with Crippen molar-refractivity contribution in [2.75, 3.05) is 60.2 Å². The van der Waals surface area contributed by atoms with Gasteiger partial charge in [0.1, 0.15) is 0 Å². The van der Waals surface area contributed by atoms with Crippen molar-refractivity contribution in [2.24, 2.45) is 10.9 Å². The van der Waals surface area contributed by atoms with E-state index in [-0.39, 0.29) is 5.41 Å². The summed E-state index contributed by atoms with van der Waals surface area (Å²) in [6.45, 7) is 13.4. The molecular formula is C25H42N4O3. The highest BCUT2D eigenvalue weighted by molar-refractivity contribution is 5.80. The molecule has 180 valence electrons. The predicted octanol–water partition coefficient (Wildman–Crippen LogP) is 3.04. The number of hydrogen-bond donors (Lipinski definition) is 2. The molecule has 2 aliphatic heterocycles. The molecular weight excluding hydrogens is 404 g/mol. The van der Waals surface area contributed by atoms with Crippen molar-refractivity contribution in [3.63, 3.8) is 0 Å². The fraction of sp³-hybridized carbons (Fsp3) is 0.720. The average molecular weight is 447 g/mol. The van der Waals surface area contributed by atoms with E-state index in [4.69, 9.17) is 19.2 Å². The van der Waals surface area contributed by atoms with Crippen LogP contribution in [-0.2, 0) is 10.2 Å². The number of nitrogens with one attached hydrogen (secondary N) is 2. The zero-order valence-corrected chi connectivity index (χ0v) is 20.6. The standard InChI is InChI=1S/C25H42N4O3/c1-6-26-24(28-21-9-12-29(13-10-21)16-19-11-14-32-17-19)27-18-25(2,3)20-7-8-22(30-4)23(15-20)31-5/h7-8,15,19,21H,6,9-14,16-18H2,1-5H3,(H2,26,27,28). The first kappa shape index (κ1) is 24.6. The van der Waals surface area contributed by atoms with Crippen molar-refractivity contribution in [1.82, 2.24) is 15.5 Å². The minimum Gasteiger partial charge on any atom is -0.493 e. The first-order valence-corrected chi connectivity index (χ1v) is 12.0. The first-order valence-electron chi connectivity index (χ1n) is 12.0. The Labute approximate surface area is 193 Å². The van der Waals surface area contributed by atoms with Crippen LogP contribution < -0.4 is 20.1 Å².